The van der Waals surface area contributed by atoms with Crippen molar-refractivity contribution in [1.29, 1.82) is 0 Å². The predicted octanol–water partition coefficient (Wildman–Crippen LogP) is 15.9. The predicted molar refractivity (Wildman–Crippen MR) is 461 cm³/mol. The summed E-state index contributed by atoms with van der Waals surface area (Å²) < 4.78 is 65.4. The lowest BCUT2D eigenvalue weighted by Gasteiger charge is -2.08. The molecular formula is C81H72BrClN20O11S5. The SMILES string of the molecule is Brc1cncnc1.NCC1=CCN=C1.Nc1ccc(S)cc1.Nc1ccc(Sc2cnccn2)cc1.O=C(Cl)Oc1ccccc1.O=C(NCc1cn[nH]c1)Nc1ccc(S(=O)(=O)c2cncnc2)cc1.O=C(Nc1ccc(S(=O)(=O)c2cncnc2)cc1)Oc1ccccc1.O=C(Nc1ccc(Sc2cncnc2)cc1)Oc1ccccc1. The summed E-state index contributed by atoms with van der Waals surface area (Å²) in [5.74, 6) is 1.37. The Morgan fingerprint density at radius 3 is 1.30 bits per heavy atom. The van der Waals surface area contributed by atoms with E-state index in [9.17, 15) is 36.0 Å². The van der Waals surface area contributed by atoms with Crippen LogP contribution >= 0.6 is 63.7 Å². The van der Waals surface area contributed by atoms with Gasteiger partial charge in [0.15, 0.2) is 0 Å². The molecule has 11 N–H and O–H groups in total. The molecule has 0 atom stereocenters. The smallest absolute Gasteiger partial charge is 0.415 e. The molecular weight excluding hydrogens is 1700 g/mol. The molecule has 38 heteroatoms. The van der Waals surface area contributed by atoms with Gasteiger partial charge < -0.3 is 42.0 Å². The number of rotatable bonds is 17. The molecule has 119 heavy (non-hydrogen) atoms. The van der Waals surface area contributed by atoms with E-state index in [2.05, 4.69) is 120 Å². The van der Waals surface area contributed by atoms with Crippen LogP contribution in [0, 0.1) is 0 Å². The van der Waals surface area contributed by atoms with Gasteiger partial charge >= 0.3 is 23.6 Å². The number of nitrogens with zero attached hydrogens (tertiary/aromatic N) is 12. The number of para-hydroxylation sites is 3. The molecule has 0 saturated carbocycles. The second-order valence-electron chi connectivity index (χ2n) is 23.0. The molecule has 0 bridgehead atoms. The van der Waals surface area contributed by atoms with Crippen molar-refractivity contribution < 1.29 is 50.2 Å². The van der Waals surface area contributed by atoms with E-state index in [1.54, 1.807) is 140 Å². The maximum absolute atomic E-state index is 12.4. The van der Waals surface area contributed by atoms with E-state index < -0.39 is 43.3 Å². The Morgan fingerprint density at radius 1 is 0.479 bits per heavy atom. The number of H-pyrrole nitrogens is 1. The van der Waals surface area contributed by atoms with E-state index >= 15 is 0 Å². The largest absolute Gasteiger partial charge is 0.417 e. The molecule has 0 unspecified atom stereocenters. The zero-order valence-corrected chi connectivity index (χ0v) is 68.7. The van der Waals surface area contributed by atoms with E-state index in [1.807, 2.05) is 115 Å². The van der Waals surface area contributed by atoms with Crippen molar-refractivity contribution in [2.75, 3.05) is 40.5 Å². The first-order valence-electron chi connectivity index (χ1n) is 34.5. The second kappa shape index (κ2) is 50.0. The zero-order chi connectivity index (χ0) is 84.7. The number of thiol groups is 1. The monoisotopic (exact) mass is 1770 g/mol. The van der Waals surface area contributed by atoms with Crippen LogP contribution in [0.25, 0.3) is 0 Å². The topological polar surface area (TPSA) is 460 Å². The average molecular weight is 1780 g/mol. The van der Waals surface area contributed by atoms with Gasteiger partial charge in [0.2, 0.25) is 19.7 Å². The molecule has 0 radical (unpaired) electrons. The molecule has 0 aliphatic carbocycles. The van der Waals surface area contributed by atoms with Gasteiger partial charge in [0.05, 0.1) is 33.2 Å². The fourth-order valence-corrected chi connectivity index (χ4v) is 13.0. The fraction of sp³-hybridized carbons (Fsp3) is 0.0370. The van der Waals surface area contributed by atoms with E-state index in [0.717, 1.165) is 58.1 Å². The number of nitrogens with two attached hydrogens (primary N) is 3. The number of hydrogen-bond acceptors (Lipinski definition) is 29. The highest BCUT2D eigenvalue weighted by Crippen LogP contribution is 2.29. The summed E-state index contributed by atoms with van der Waals surface area (Å²) in [6, 6.07) is 59.8. The minimum Gasteiger partial charge on any atom is -0.415 e. The number of carbonyl (C=O) groups excluding carboxylic acids is 4. The third-order valence-corrected chi connectivity index (χ3v) is 20.4. The van der Waals surface area contributed by atoms with Gasteiger partial charge in [-0.05, 0) is 179 Å². The highest BCUT2D eigenvalue weighted by atomic mass is 79.9. The summed E-state index contributed by atoms with van der Waals surface area (Å²) >= 11 is 15.3. The van der Waals surface area contributed by atoms with Gasteiger partial charge in [-0.2, -0.15) is 5.10 Å². The number of aromatic amines is 1. The Kier molecular flexibility index (Phi) is 38.2. The van der Waals surface area contributed by atoms with Gasteiger partial charge in [0.1, 0.15) is 57.4 Å². The summed E-state index contributed by atoms with van der Waals surface area (Å²) in [5, 5.41) is 17.8. The summed E-state index contributed by atoms with van der Waals surface area (Å²) in [6.07, 6.45) is 28.3. The molecule has 1 aliphatic heterocycles. The molecule has 1 aliphatic rings. The summed E-state index contributed by atoms with van der Waals surface area (Å²) in [6.45, 7) is 1.78. The summed E-state index contributed by atoms with van der Waals surface area (Å²) in [7, 11) is -7.39. The first kappa shape index (κ1) is 90.9. The molecule has 0 fully saturated rings. The minimum absolute atomic E-state index is 0.000744. The highest BCUT2D eigenvalue weighted by molar-refractivity contribution is 9.10. The minimum atomic E-state index is -3.70. The van der Waals surface area contributed by atoms with Crippen molar-refractivity contribution in [3.8, 4) is 17.2 Å². The number of carbonyl (C=O) groups is 4. The number of sulfone groups is 2. The highest BCUT2D eigenvalue weighted by Gasteiger charge is 2.20. The zero-order valence-electron chi connectivity index (χ0n) is 62.2. The van der Waals surface area contributed by atoms with Gasteiger partial charge in [-0.15, -0.1) is 12.6 Å². The number of halogens is 2. The van der Waals surface area contributed by atoms with Crippen LogP contribution in [0.5, 0.6) is 17.2 Å². The number of urea groups is 1. The first-order valence-corrected chi connectivity index (χ1v) is 40.8. The molecule has 4 amide bonds. The molecule has 0 spiro atoms. The first-order chi connectivity index (χ1) is 57.6. The van der Waals surface area contributed by atoms with E-state index in [-0.39, 0.29) is 19.6 Å². The molecule has 6 aromatic heterocycles. The summed E-state index contributed by atoms with van der Waals surface area (Å²) in [4.78, 5) is 92.1. The Morgan fingerprint density at radius 2 is 0.908 bits per heavy atom. The Bertz CT molecular complexity index is 5640. The standard InChI is InChI=1S/C17H13N3O4S.C17H13N3O2S.C15H14N6O3S.C10H9N3S.C7H5ClO2.C6H7NS.C5H8N2.C4H3BrN2/c21-17(24-14-4-2-1-3-5-14)20-13-6-8-15(9-7-13)25(22,23)16-10-18-12-19-11-16;21-17(22-14-4-2-1-3-5-14)20-13-6-8-15(9-7-13)23-16-10-18-12-19-11-16;22-15(18-5-11-6-19-20-7-11)21-12-1-3-13(4-2-12)25(23,24)14-8-16-10-17-9-14;11-8-1-3-9(4-2-8)14-10-7-12-5-6-13-10;8-7(9)10-6-4-2-1-3-5-6;7-5-1-3-6(8)4-2-5;6-3-5-1-2-7-4-5;5-4-1-6-3-7-2-4/h1-12H,(H,20,21);1-12H,(H,20,21);1-4,6-10H,5H2,(H,19,20)(H2,18,21,22);1-7H,11H2;1-5H;1-4,8H,7H2;1,4H,2-3,6H2;1-3H. The third kappa shape index (κ3) is 34.7. The number of aliphatic imine (C=N–C) groups is 1. The third-order valence-electron chi connectivity index (χ3n) is 14.3. The lowest BCUT2D eigenvalue weighted by Crippen LogP contribution is -2.28. The Hall–Kier alpha value is -13.7. The molecule has 606 valence electrons. The van der Waals surface area contributed by atoms with Crippen LogP contribution in [0.15, 0.2) is 383 Å². The Labute approximate surface area is 711 Å². The number of nitrogen functional groups attached to an aromatic ring is 2. The number of hydrogen-bond donors (Lipinski definition) is 9. The summed E-state index contributed by atoms with van der Waals surface area (Å²) in [5.41, 5.74) is 20.5. The fourth-order valence-electron chi connectivity index (χ4n) is 8.71. The van der Waals surface area contributed by atoms with Gasteiger partial charge in [-0.3, -0.25) is 25.7 Å². The maximum atomic E-state index is 12.4. The quantitative estimate of drug-likeness (QED) is 0.0232. The van der Waals surface area contributed by atoms with Gasteiger partial charge in [-0.1, -0.05) is 84.2 Å². The number of ether oxygens (including phenoxy) is 3. The van der Waals surface area contributed by atoms with E-state index in [0.29, 0.717) is 47.4 Å². The molecule has 14 aromatic rings. The van der Waals surface area contributed by atoms with Gasteiger partial charge in [-0.25, -0.2) is 80.9 Å². The molecule has 15 rings (SSSR count). The van der Waals surface area contributed by atoms with Crippen LogP contribution in [0.1, 0.15) is 5.56 Å². The number of benzene rings is 8. The molecule has 8 aromatic carbocycles. The normalized spacial score (nSPS) is 10.6. The lowest BCUT2D eigenvalue weighted by atomic mass is 10.3. The maximum Gasteiger partial charge on any atom is 0.417 e. The number of amides is 4. The van der Waals surface area contributed by atoms with E-state index in [1.165, 1.54) is 98.6 Å². The van der Waals surface area contributed by atoms with Crippen LogP contribution in [0.2, 0.25) is 0 Å². The lowest BCUT2D eigenvalue weighted by molar-refractivity contribution is 0.214. The number of anilines is 5. The van der Waals surface area contributed by atoms with E-state index in [4.69, 9.17) is 38.3 Å². The van der Waals surface area contributed by atoms with Crippen molar-refractivity contribution in [1.82, 2.24) is 65.4 Å². The van der Waals surface area contributed by atoms with Crippen molar-refractivity contribution >= 4 is 142 Å². The van der Waals surface area contributed by atoms with Crippen LogP contribution < -0.4 is 52.7 Å². The van der Waals surface area contributed by atoms with Gasteiger partial charge in [0.25, 0.3) is 0 Å². The van der Waals surface area contributed by atoms with Crippen LogP contribution in [0.4, 0.5) is 47.6 Å². The van der Waals surface area contributed by atoms with Gasteiger partial charge in [0, 0.05) is 153 Å². The molecule has 0 saturated heterocycles. The number of nitrogens with one attached hydrogen (secondary N) is 5. The van der Waals surface area contributed by atoms with Crippen molar-refractivity contribution in [3.63, 3.8) is 0 Å². The average Bonchev–Trinajstić information content (AvgIpc) is 0.896. The van der Waals surface area contributed by atoms with Crippen molar-refractivity contribution in [2.45, 2.75) is 50.7 Å². The van der Waals surface area contributed by atoms with Crippen LogP contribution in [-0.4, -0.2) is 120 Å². The molecule has 31 nitrogen and oxygen atoms in total. The van der Waals surface area contributed by atoms with Crippen molar-refractivity contribution in [2.24, 2.45) is 10.7 Å². The number of aromatic nitrogens is 12. The van der Waals surface area contributed by atoms with Crippen LogP contribution in [-0.2, 0) is 26.2 Å². The van der Waals surface area contributed by atoms with Crippen LogP contribution in [0.3, 0.4) is 0 Å². The Balaban J connectivity index is 0.000000177. The second-order valence-corrected chi connectivity index (χ2v) is 30.8. The van der Waals surface area contributed by atoms with Crippen molar-refractivity contribution in [3.05, 3.63) is 340 Å². The molecule has 7 heterocycles.